The van der Waals surface area contributed by atoms with Gasteiger partial charge in [0.1, 0.15) is 11.4 Å². The van der Waals surface area contributed by atoms with E-state index in [0.717, 1.165) is 24.3 Å². The summed E-state index contributed by atoms with van der Waals surface area (Å²) in [6.07, 6.45) is -0.932. The fourth-order valence-electron chi connectivity index (χ4n) is 1.09. The van der Waals surface area contributed by atoms with Gasteiger partial charge < -0.3 is 4.74 Å². The van der Waals surface area contributed by atoms with Crippen molar-refractivity contribution in [2.45, 2.75) is 31.3 Å². The molecule has 8 heteroatoms. The maximum atomic E-state index is 12.7. The van der Waals surface area contributed by atoms with E-state index in [2.05, 4.69) is 0 Å². The first-order valence-electron chi connectivity index (χ1n) is 5.36. The van der Waals surface area contributed by atoms with Crippen LogP contribution in [0.3, 0.4) is 0 Å². The minimum absolute atomic E-state index is 0.176. The second-order valence-electron chi connectivity index (χ2n) is 4.69. The minimum Gasteiger partial charge on any atom is -0.443 e. The molecule has 1 aromatic rings. The highest BCUT2D eigenvalue weighted by Gasteiger charge is 2.19. The van der Waals surface area contributed by atoms with Crippen molar-refractivity contribution in [1.29, 1.82) is 0 Å². The fourth-order valence-corrected chi connectivity index (χ4v) is 1.92. The van der Waals surface area contributed by atoms with Gasteiger partial charge in [-0.05, 0) is 45.0 Å². The Morgan fingerprint density at radius 2 is 1.74 bits per heavy atom. The second kappa shape index (κ2) is 5.54. The number of carbonyl (C=O) groups is 1. The molecule has 0 unspecified atom stereocenters. The summed E-state index contributed by atoms with van der Waals surface area (Å²) < 4.78 is 40.9. The average molecular weight is 290 g/mol. The number of rotatable bonds is 3. The van der Waals surface area contributed by atoms with E-state index in [9.17, 15) is 17.6 Å². The third kappa shape index (κ3) is 5.23. The molecule has 1 rings (SSSR count). The molecular formula is C11H15FN2O4S. The normalized spacial score (nSPS) is 12.0. The summed E-state index contributed by atoms with van der Waals surface area (Å²) in [6.45, 7) is 4.92. The number of sulfonamides is 1. The van der Waals surface area contributed by atoms with Crippen LogP contribution >= 0.6 is 0 Å². The maximum Gasteiger partial charge on any atom is 0.423 e. The molecule has 106 valence electrons. The van der Waals surface area contributed by atoms with Crippen LogP contribution < -0.4 is 10.3 Å². The van der Waals surface area contributed by atoms with Crippen molar-refractivity contribution < 1.29 is 22.3 Å². The highest BCUT2D eigenvalue weighted by molar-refractivity contribution is 7.89. The Morgan fingerprint density at radius 1 is 1.21 bits per heavy atom. The fraction of sp³-hybridized carbons (Fsp3) is 0.364. The molecule has 0 saturated heterocycles. The molecule has 1 amide bonds. The molecule has 2 N–H and O–H groups in total. The summed E-state index contributed by atoms with van der Waals surface area (Å²) in [4.78, 5) is 12.9. The summed E-state index contributed by atoms with van der Waals surface area (Å²) in [5.41, 5.74) is 1.16. The number of ether oxygens (including phenoxy) is 1. The van der Waals surface area contributed by atoms with Crippen molar-refractivity contribution in [2.75, 3.05) is 0 Å². The van der Waals surface area contributed by atoms with Gasteiger partial charge in [-0.1, -0.05) is 0 Å². The average Bonchev–Trinajstić information content (AvgIpc) is 2.25. The molecule has 0 atom stereocenters. The molecule has 0 heterocycles. The quantitative estimate of drug-likeness (QED) is 0.827. The summed E-state index contributed by atoms with van der Waals surface area (Å²) in [7, 11) is -3.96. The molecule has 19 heavy (non-hydrogen) atoms. The Morgan fingerprint density at radius 3 is 2.21 bits per heavy atom. The lowest BCUT2D eigenvalue weighted by Crippen LogP contribution is -2.44. The number of hydrogen-bond donors (Lipinski definition) is 2. The lowest BCUT2D eigenvalue weighted by Gasteiger charge is -2.19. The van der Waals surface area contributed by atoms with Crippen LogP contribution in [0.1, 0.15) is 20.8 Å². The van der Waals surface area contributed by atoms with Gasteiger partial charge in [0.05, 0.1) is 4.90 Å². The van der Waals surface area contributed by atoms with E-state index in [1.165, 1.54) is 0 Å². The van der Waals surface area contributed by atoms with Crippen molar-refractivity contribution in [1.82, 2.24) is 10.3 Å². The molecule has 0 saturated carbocycles. The Hall–Kier alpha value is -1.67. The number of carbonyl (C=O) groups excluding carboxylic acids is 1. The number of amides is 1. The smallest absolute Gasteiger partial charge is 0.423 e. The zero-order valence-electron chi connectivity index (χ0n) is 10.7. The summed E-state index contributed by atoms with van der Waals surface area (Å²) >= 11 is 0. The summed E-state index contributed by atoms with van der Waals surface area (Å²) in [5.74, 6) is -0.556. The molecule has 6 nitrogen and oxygen atoms in total. The standard InChI is InChI=1S/C11H15FN2O4S/c1-11(2,3)18-10(15)13-14-19(16,17)9-6-4-8(12)5-7-9/h4-7,14H,1-3H3,(H,13,15). The van der Waals surface area contributed by atoms with Crippen LogP contribution in [0.5, 0.6) is 0 Å². The lowest BCUT2D eigenvalue weighted by molar-refractivity contribution is 0.0515. The van der Waals surface area contributed by atoms with Crippen molar-refractivity contribution in [3.8, 4) is 0 Å². The van der Waals surface area contributed by atoms with Crippen LogP contribution in [-0.4, -0.2) is 20.1 Å². The van der Waals surface area contributed by atoms with E-state index in [-0.39, 0.29) is 4.90 Å². The highest BCUT2D eigenvalue weighted by Crippen LogP contribution is 2.09. The van der Waals surface area contributed by atoms with Gasteiger partial charge in [0.25, 0.3) is 10.0 Å². The predicted octanol–water partition coefficient (Wildman–Crippen LogP) is 1.54. The van der Waals surface area contributed by atoms with Crippen molar-refractivity contribution in [3.05, 3.63) is 30.1 Å². The Balaban J connectivity index is 2.66. The molecule has 0 aromatic heterocycles. The van der Waals surface area contributed by atoms with Gasteiger partial charge in [-0.2, -0.15) is 0 Å². The monoisotopic (exact) mass is 290 g/mol. The van der Waals surface area contributed by atoms with Crippen LogP contribution in [0, 0.1) is 5.82 Å². The first-order valence-corrected chi connectivity index (χ1v) is 6.85. The third-order valence-corrected chi connectivity index (χ3v) is 3.07. The zero-order chi connectivity index (χ0) is 14.7. The molecular weight excluding hydrogens is 275 g/mol. The summed E-state index contributed by atoms with van der Waals surface area (Å²) in [6, 6.07) is 4.16. The van der Waals surface area contributed by atoms with Crippen LogP contribution in [0.2, 0.25) is 0 Å². The van der Waals surface area contributed by atoms with Gasteiger partial charge in [0, 0.05) is 0 Å². The summed E-state index contributed by atoms with van der Waals surface area (Å²) in [5, 5.41) is 0. The van der Waals surface area contributed by atoms with Gasteiger partial charge in [-0.25, -0.2) is 23.0 Å². The minimum atomic E-state index is -3.96. The molecule has 0 spiro atoms. The second-order valence-corrected chi connectivity index (χ2v) is 6.37. The molecule has 0 bridgehead atoms. The SMILES string of the molecule is CC(C)(C)OC(=O)NNS(=O)(=O)c1ccc(F)cc1. The van der Waals surface area contributed by atoms with Gasteiger partial charge in [-0.3, -0.25) is 0 Å². The third-order valence-electron chi connectivity index (χ3n) is 1.81. The lowest BCUT2D eigenvalue weighted by atomic mass is 10.2. The van der Waals surface area contributed by atoms with Crippen molar-refractivity contribution in [2.24, 2.45) is 0 Å². The van der Waals surface area contributed by atoms with E-state index in [1.807, 2.05) is 10.3 Å². The molecule has 0 aliphatic heterocycles. The Labute approximate surface area is 111 Å². The number of halogens is 1. The topological polar surface area (TPSA) is 84.5 Å². The predicted molar refractivity (Wildman–Crippen MR) is 66.1 cm³/mol. The Bertz CT molecular complexity index is 549. The van der Waals surface area contributed by atoms with Crippen molar-refractivity contribution >= 4 is 16.1 Å². The first-order chi connectivity index (χ1) is 8.60. The Kier molecular flexibility index (Phi) is 4.48. The van der Waals surface area contributed by atoms with Gasteiger partial charge in [0.15, 0.2) is 0 Å². The zero-order valence-corrected chi connectivity index (χ0v) is 11.5. The van der Waals surface area contributed by atoms with Crippen LogP contribution in [0.25, 0.3) is 0 Å². The number of nitrogens with one attached hydrogen (secondary N) is 2. The van der Waals surface area contributed by atoms with E-state index in [0.29, 0.717) is 0 Å². The number of hydrogen-bond acceptors (Lipinski definition) is 4. The van der Waals surface area contributed by atoms with Gasteiger partial charge in [-0.15, -0.1) is 4.83 Å². The largest absolute Gasteiger partial charge is 0.443 e. The number of benzene rings is 1. The molecule has 0 radical (unpaired) electrons. The van der Waals surface area contributed by atoms with E-state index in [1.54, 1.807) is 20.8 Å². The molecule has 1 aromatic carbocycles. The van der Waals surface area contributed by atoms with Crippen LogP contribution in [-0.2, 0) is 14.8 Å². The maximum absolute atomic E-state index is 12.7. The van der Waals surface area contributed by atoms with Gasteiger partial charge >= 0.3 is 6.09 Å². The number of hydrazine groups is 1. The van der Waals surface area contributed by atoms with Crippen LogP contribution in [0.15, 0.2) is 29.2 Å². The highest BCUT2D eigenvalue weighted by atomic mass is 32.2. The van der Waals surface area contributed by atoms with E-state index in [4.69, 9.17) is 4.74 Å². The van der Waals surface area contributed by atoms with Crippen molar-refractivity contribution in [3.63, 3.8) is 0 Å². The van der Waals surface area contributed by atoms with Crippen LogP contribution in [0.4, 0.5) is 9.18 Å². The molecule has 0 aliphatic carbocycles. The van der Waals surface area contributed by atoms with E-state index >= 15 is 0 Å². The molecule has 0 fully saturated rings. The van der Waals surface area contributed by atoms with Gasteiger partial charge in [0.2, 0.25) is 0 Å². The first kappa shape index (κ1) is 15.4. The van der Waals surface area contributed by atoms with E-state index < -0.39 is 27.5 Å². The molecule has 0 aliphatic rings.